The molecule has 3 aromatic carbocycles. The molecule has 0 aliphatic carbocycles. The van der Waals surface area contributed by atoms with E-state index < -0.39 is 35.1 Å². The minimum absolute atomic E-state index is 0.247. The van der Waals surface area contributed by atoms with Crippen LogP contribution in [0.1, 0.15) is 17.2 Å². The first-order valence-electron chi connectivity index (χ1n) is 8.66. The van der Waals surface area contributed by atoms with Crippen molar-refractivity contribution in [2.45, 2.75) is 15.9 Å². The van der Waals surface area contributed by atoms with Crippen LogP contribution < -0.4 is 4.74 Å². The molecule has 1 aliphatic rings. The zero-order chi connectivity index (χ0) is 21.4. The molecule has 0 amide bonds. The predicted octanol–water partition coefficient (Wildman–Crippen LogP) is 6.51. The van der Waals surface area contributed by atoms with E-state index in [0.29, 0.717) is 15.5 Å². The number of carboxylic acids is 1. The van der Waals surface area contributed by atoms with Gasteiger partial charge in [0, 0.05) is 20.9 Å². The Kier molecular flexibility index (Phi) is 5.49. The van der Waals surface area contributed by atoms with Crippen molar-refractivity contribution in [1.82, 2.24) is 0 Å². The lowest BCUT2D eigenvalue weighted by molar-refractivity contribution is -0.133. The molecule has 30 heavy (non-hydrogen) atoms. The highest BCUT2D eigenvalue weighted by atomic mass is 35.5. The largest absolute Gasteiger partial charge is 0.480 e. The maximum atomic E-state index is 14.4. The highest BCUT2D eigenvalue weighted by molar-refractivity contribution is 7.99. The summed E-state index contributed by atoms with van der Waals surface area (Å²) in [6, 6.07) is 14.2. The second kappa shape index (κ2) is 8.08. The Morgan fingerprint density at radius 3 is 2.47 bits per heavy atom. The van der Waals surface area contributed by atoms with Gasteiger partial charge < -0.3 is 9.84 Å². The van der Waals surface area contributed by atoms with E-state index in [0.717, 1.165) is 17.0 Å². The van der Waals surface area contributed by atoms with Crippen molar-refractivity contribution in [2.75, 3.05) is 0 Å². The molecule has 1 heterocycles. The fourth-order valence-corrected chi connectivity index (χ4v) is 4.20. The van der Waals surface area contributed by atoms with E-state index in [-0.39, 0.29) is 11.3 Å². The summed E-state index contributed by atoms with van der Waals surface area (Å²) in [5, 5.41) is 9.93. The molecule has 1 unspecified atom stereocenters. The zero-order valence-corrected chi connectivity index (χ0v) is 16.6. The zero-order valence-electron chi connectivity index (χ0n) is 15.0. The SMILES string of the molecule is O=C(O)C1=Cc2cc(Cl)c(Sc3ccccc3)cc2OC1c1ccc(F)c(F)c1F. The second-order valence-electron chi connectivity index (χ2n) is 6.40. The molecule has 1 N–H and O–H groups in total. The molecule has 0 saturated carbocycles. The van der Waals surface area contributed by atoms with Gasteiger partial charge in [0.1, 0.15) is 5.75 Å². The normalized spacial score (nSPS) is 15.2. The van der Waals surface area contributed by atoms with Gasteiger partial charge in [0.15, 0.2) is 23.6 Å². The van der Waals surface area contributed by atoms with E-state index in [1.165, 1.54) is 17.8 Å². The molecular formula is C22H12ClF3O3S. The maximum Gasteiger partial charge on any atom is 0.335 e. The van der Waals surface area contributed by atoms with Gasteiger partial charge in [-0.2, -0.15) is 0 Å². The van der Waals surface area contributed by atoms with Crippen LogP contribution in [0.15, 0.2) is 70.0 Å². The van der Waals surface area contributed by atoms with Crippen molar-refractivity contribution in [2.24, 2.45) is 0 Å². The summed E-state index contributed by atoms with van der Waals surface area (Å²) in [6.45, 7) is 0. The van der Waals surface area contributed by atoms with Crippen LogP contribution in [-0.4, -0.2) is 11.1 Å². The van der Waals surface area contributed by atoms with E-state index >= 15 is 0 Å². The Bertz CT molecular complexity index is 1180. The van der Waals surface area contributed by atoms with E-state index in [4.69, 9.17) is 16.3 Å². The first kappa shape index (κ1) is 20.4. The van der Waals surface area contributed by atoms with Crippen molar-refractivity contribution in [3.63, 3.8) is 0 Å². The molecule has 3 nitrogen and oxygen atoms in total. The molecule has 0 radical (unpaired) electrons. The number of halogens is 4. The highest BCUT2D eigenvalue weighted by Gasteiger charge is 2.33. The topological polar surface area (TPSA) is 46.5 Å². The van der Waals surface area contributed by atoms with Gasteiger partial charge in [-0.1, -0.05) is 41.6 Å². The van der Waals surface area contributed by atoms with Crippen LogP contribution in [0, 0.1) is 17.5 Å². The van der Waals surface area contributed by atoms with E-state index in [1.54, 1.807) is 12.1 Å². The van der Waals surface area contributed by atoms with Crippen LogP contribution in [0.25, 0.3) is 6.08 Å². The molecule has 1 aliphatic heterocycles. The number of aliphatic carboxylic acids is 1. The Hall–Kier alpha value is -2.90. The van der Waals surface area contributed by atoms with Gasteiger partial charge in [0.05, 0.1) is 10.6 Å². The summed E-state index contributed by atoms with van der Waals surface area (Å²) in [4.78, 5) is 13.3. The van der Waals surface area contributed by atoms with Crippen LogP contribution in [-0.2, 0) is 4.79 Å². The molecule has 0 aromatic heterocycles. The van der Waals surface area contributed by atoms with Gasteiger partial charge >= 0.3 is 5.97 Å². The number of fused-ring (bicyclic) bond motifs is 1. The predicted molar refractivity (Wildman–Crippen MR) is 107 cm³/mol. The smallest absolute Gasteiger partial charge is 0.335 e. The molecule has 0 bridgehead atoms. The van der Waals surface area contributed by atoms with E-state index in [1.807, 2.05) is 30.3 Å². The minimum Gasteiger partial charge on any atom is -0.480 e. The van der Waals surface area contributed by atoms with Crippen molar-refractivity contribution in [3.8, 4) is 5.75 Å². The van der Waals surface area contributed by atoms with Crippen molar-refractivity contribution in [3.05, 3.63) is 93.8 Å². The Morgan fingerprint density at radius 1 is 1.03 bits per heavy atom. The summed E-state index contributed by atoms with van der Waals surface area (Å²) in [5.41, 5.74) is -0.360. The van der Waals surface area contributed by atoms with Crippen LogP contribution in [0.2, 0.25) is 5.02 Å². The summed E-state index contributed by atoms with van der Waals surface area (Å²) in [5.74, 6) is -5.70. The van der Waals surface area contributed by atoms with Gasteiger partial charge in [-0.05, 0) is 42.5 Å². The summed E-state index contributed by atoms with van der Waals surface area (Å²) in [7, 11) is 0. The quantitative estimate of drug-likeness (QED) is 0.462. The molecule has 0 spiro atoms. The number of rotatable bonds is 4. The van der Waals surface area contributed by atoms with Gasteiger partial charge in [0.25, 0.3) is 0 Å². The molecule has 4 rings (SSSR count). The van der Waals surface area contributed by atoms with Crippen LogP contribution >= 0.6 is 23.4 Å². The molecular weight excluding hydrogens is 437 g/mol. The fourth-order valence-electron chi connectivity index (χ4n) is 3.04. The maximum absolute atomic E-state index is 14.4. The van der Waals surface area contributed by atoms with Crippen LogP contribution in [0.4, 0.5) is 13.2 Å². The Balaban J connectivity index is 1.78. The average Bonchev–Trinajstić information content (AvgIpc) is 2.73. The molecule has 8 heteroatoms. The van der Waals surface area contributed by atoms with Crippen LogP contribution in [0.5, 0.6) is 5.75 Å². The van der Waals surface area contributed by atoms with Gasteiger partial charge in [0.2, 0.25) is 0 Å². The number of ether oxygens (including phenoxy) is 1. The third kappa shape index (κ3) is 3.78. The van der Waals surface area contributed by atoms with Gasteiger partial charge in [-0.25, -0.2) is 18.0 Å². The number of benzene rings is 3. The Labute approximate surface area is 178 Å². The second-order valence-corrected chi connectivity index (χ2v) is 7.93. The van der Waals surface area contributed by atoms with E-state index in [2.05, 4.69) is 0 Å². The Morgan fingerprint density at radius 2 is 1.77 bits per heavy atom. The summed E-state index contributed by atoms with van der Waals surface area (Å²) >= 11 is 7.72. The van der Waals surface area contributed by atoms with Crippen molar-refractivity contribution >= 4 is 35.4 Å². The van der Waals surface area contributed by atoms with Crippen molar-refractivity contribution in [1.29, 1.82) is 0 Å². The number of carboxylic acid groups (broad SMARTS) is 1. The molecule has 0 saturated heterocycles. The van der Waals surface area contributed by atoms with Gasteiger partial charge in [-0.3, -0.25) is 0 Å². The number of hydrogen-bond acceptors (Lipinski definition) is 3. The molecule has 1 atom stereocenters. The fraction of sp³-hybridized carbons (Fsp3) is 0.0455. The molecule has 0 fully saturated rings. The monoisotopic (exact) mass is 448 g/mol. The number of hydrogen-bond donors (Lipinski definition) is 1. The minimum atomic E-state index is -1.69. The average molecular weight is 449 g/mol. The first-order chi connectivity index (χ1) is 14.3. The summed E-state index contributed by atoms with van der Waals surface area (Å²) < 4.78 is 47.2. The molecule has 152 valence electrons. The summed E-state index contributed by atoms with van der Waals surface area (Å²) in [6.07, 6.45) is -0.170. The lowest BCUT2D eigenvalue weighted by Crippen LogP contribution is -2.22. The standard InChI is InChI=1S/C22H12ClF3O3S/c23-15-9-11-8-14(22(27)28)21(13-6-7-16(24)20(26)19(13)25)29-17(11)10-18(15)30-12-4-2-1-3-5-12/h1-10,21H,(H,27,28). The lowest BCUT2D eigenvalue weighted by Gasteiger charge is -2.27. The first-order valence-corrected chi connectivity index (χ1v) is 9.86. The number of carbonyl (C=O) groups is 1. The third-order valence-electron chi connectivity index (χ3n) is 4.47. The molecule has 3 aromatic rings. The van der Waals surface area contributed by atoms with Crippen LogP contribution in [0.3, 0.4) is 0 Å². The lowest BCUT2D eigenvalue weighted by atomic mass is 9.95. The van der Waals surface area contributed by atoms with Crippen molar-refractivity contribution < 1.29 is 27.8 Å². The third-order valence-corrected chi connectivity index (χ3v) is 5.96. The van der Waals surface area contributed by atoms with Gasteiger partial charge in [-0.15, -0.1) is 0 Å². The highest BCUT2D eigenvalue weighted by Crippen LogP contribution is 2.44. The van der Waals surface area contributed by atoms with E-state index in [9.17, 15) is 23.1 Å².